The van der Waals surface area contributed by atoms with Crippen molar-refractivity contribution in [3.63, 3.8) is 0 Å². The van der Waals surface area contributed by atoms with E-state index in [0.717, 1.165) is 22.5 Å². The van der Waals surface area contributed by atoms with Crippen molar-refractivity contribution in [1.29, 1.82) is 0 Å². The Kier molecular flexibility index (Phi) is 5.84. The van der Waals surface area contributed by atoms with E-state index in [1.54, 1.807) is 0 Å². The molecule has 0 bridgehead atoms. The van der Waals surface area contributed by atoms with Crippen LogP contribution in [0.4, 0.5) is 11.4 Å². The summed E-state index contributed by atoms with van der Waals surface area (Å²) in [4.78, 5) is 2.09. The zero-order valence-corrected chi connectivity index (χ0v) is 15.1. The van der Waals surface area contributed by atoms with Gasteiger partial charge in [-0.25, -0.2) is 0 Å². The van der Waals surface area contributed by atoms with Crippen molar-refractivity contribution in [2.45, 2.75) is 0 Å². The third-order valence-corrected chi connectivity index (χ3v) is 3.99. The molecule has 0 atom stereocenters. The minimum absolute atomic E-state index is 0.881. The highest BCUT2D eigenvalue weighted by Gasteiger charge is 2.00. The van der Waals surface area contributed by atoms with Crippen LogP contribution in [0.3, 0.4) is 0 Å². The molecule has 0 radical (unpaired) electrons. The van der Waals surface area contributed by atoms with Gasteiger partial charge in [0.1, 0.15) is 0 Å². The molecular formula is C23H23N3. The Bertz CT molecular complexity index is 864. The zero-order valence-electron chi connectivity index (χ0n) is 15.1. The highest BCUT2D eigenvalue weighted by atomic mass is 15.3. The zero-order chi connectivity index (χ0) is 18.2. The fraction of sp³-hybridized carbons (Fsp3) is 0.0870. The highest BCUT2D eigenvalue weighted by molar-refractivity contribution is 6.11. The first-order chi connectivity index (χ1) is 12.7. The molecule has 0 aromatic heterocycles. The lowest BCUT2D eigenvalue weighted by Gasteiger charge is -2.11. The molecule has 0 heterocycles. The van der Waals surface area contributed by atoms with Gasteiger partial charge >= 0.3 is 0 Å². The van der Waals surface area contributed by atoms with Gasteiger partial charge in [0.2, 0.25) is 0 Å². The first-order valence-corrected chi connectivity index (χ1v) is 8.62. The molecule has 26 heavy (non-hydrogen) atoms. The smallest absolute Gasteiger partial charge is 0.0905 e. The van der Waals surface area contributed by atoms with E-state index in [1.807, 2.05) is 68.7 Å². The van der Waals surface area contributed by atoms with Crippen LogP contribution in [-0.2, 0) is 0 Å². The molecule has 0 aliphatic heterocycles. The lowest BCUT2D eigenvalue weighted by atomic mass is 10.1. The van der Waals surface area contributed by atoms with Crippen LogP contribution in [0.5, 0.6) is 0 Å². The predicted octanol–water partition coefficient (Wildman–Crippen LogP) is 5.28. The summed E-state index contributed by atoms with van der Waals surface area (Å²) < 4.78 is 0. The molecule has 0 aliphatic rings. The molecule has 0 unspecified atom stereocenters. The third kappa shape index (κ3) is 4.84. The Morgan fingerprint density at radius 2 is 1.42 bits per heavy atom. The van der Waals surface area contributed by atoms with Crippen molar-refractivity contribution in [3.05, 3.63) is 102 Å². The van der Waals surface area contributed by atoms with E-state index in [-0.39, 0.29) is 0 Å². The Labute approximate surface area is 155 Å². The first kappa shape index (κ1) is 17.5. The topological polar surface area (TPSA) is 27.6 Å². The van der Waals surface area contributed by atoms with Crippen LogP contribution < -0.4 is 10.3 Å². The van der Waals surface area contributed by atoms with E-state index in [4.69, 9.17) is 0 Å². The van der Waals surface area contributed by atoms with Gasteiger partial charge in [0.25, 0.3) is 0 Å². The van der Waals surface area contributed by atoms with Crippen molar-refractivity contribution >= 4 is 23.2 Å². The monoisotopic (exact) mass is 341 g/mol. The summed E-state index contributed by atoms with van der Waals surface area (Å²) in [5, 5.41) is 4.60. The molecule has 0 saturated heterocycles. The first-order valence-electron chi connectivity index (χ1n) is 8.62. The van der Waals surface area contributed by atoms with Crippen molar-refractivity contribution in [3.8, 4) is 0 Å². The number of nitrogens with one attached hydrogen (secondary N) is 1. The Morgan fingerprint density at radius 1 is 0.808 bits per heavy atom. The fourth-order valence-electron chi connectivity index (χ4n) is 2.50. The normalized spacial score (nSPS) is 11.5. The summed E-state index contributed by atoms with van der Waals surface area (Å²) in [6, 6.07) is 28.6. The summed E-state index contributed by atoms with van der Waals surface area (Å²) in [5.74, 6) is 0. The summed E-state index contributed by atoms with van der Waals surface area (Å²) >= 11 is 0. The molecule has 1 N–H and O–H groups in total. The van der Waals surface area contributed by atoms with E-state index in [9.17, 15) is 0 Å². The Balaban J connectivity index is 1.83. The molecule has 3 aromatic carbocycles. The molecule has 0 spiro atoms. The molecule has 0 amide bonds. The third-order valence-electron chi connectivity index (χ3n) is 3.99. The van der Waals surface area contributed by atoms with Crippen LogP contribution in [0.2, 0.25) is 0 Å². The van der Waals surface area contributed by atoms with Gasteiger partial charge in [0.05, 0.1) is 11.4 Å². The van der Waals surface area contributed by atoms with Crippen molar-refractivity contribution in [2.75, 3.05) is 24.4 Å². The molecule has 130 valence electrons. The molecular weight excluding hydrogens is 318 g/mol. The maximum atomic E-state index is 4.60. The second kappa shape index (κ2) is 8.67. The molecule has 3 nitrogen and oxygen atoms in total. The number of nitrogens with zero attached hydrogens (tertiary/aromatic N) is 2. The molecule has 3 heteroatoms. The number of benzene rings is 3. The fourth-order valence-corrected chi connectivity index (χ4v) is 2.50. The van der Waals surface area contributed by atoms with Gasteiger partial charge in [-0.05, 0) is 35.9 Å². The second-order valence-electron chi connectivity index (χ2n) is 6.16. The van der Waals surface area contributed by atoms with E-state index in [2.05, 4.69) is 57.9 Å². The molecule has 0 aliphatic carbocycles. The SMILES string of the molecule is CN(C)c1ccc(/C=C/C(=N/Nc2ccccc2)c2ccccc2)cc1. The van der Waals surface area contributed by atoms with Crippen LogP contribution in [0, 0.1) is 0 Å². The van der Waals surface area contributed by atoms with Gasteiger partial charge in [-0.2, -0.15) is 5.10 Å². The van der Waals surface area contributed by atoms with Gasteiger partial charge in [-0.3, -0.25) is 5.43 Å². The highest BCUT2D eigenvalue weighted by Crippen LogP contribution is 2.14. The second-order valence-corrected chi connectivity index (χ2v) is 6.16. The van der Waals surface area contributed by atoms with Crippen molar-refractivity contribution < 1.29 is 0 Å². The lowest BCUT2D eigenvalue weighted by molar-refractivity contribution is 1.13. The van der Waals surface area contributed by atoms with Crippen LogP contribution in [0.25, 0.3) is 6.08 Å². The number of rotatable bonds is 6. The minimum atomic E-state index is 0.881. The van der Waals surface area contributed by atoms with Crippen LogP contribution in [0.15, 0.2) is 96.1 Å². The average molecular weight is 341 g/mol. The van der Waals surface area contributed by atoms with Gasteiger partial charge in [-0.15, -0.1) is 0 Å². The molecule has 3 aromatic rings. The standard InChI is InChI=1S/C23H23N3/c1-26(2)22-16-13-19(14-17-22)15-18-23(20-9-5-3-6-10-20)25-24-21-11-7-4-8-12-21/h3-18,24H,1-2H3/b18-15+,25-23-. The molecule has 0 fully saturated rings. The summed E-state index contributed by atoms with van der Waals surface area (Å²) in [6.45, 7) is 0. The number of allylic oxidation sites excluding steroid dienone is 1. The molecule has 3 rings (SSSR count). The van der Waals surface area contributed by atoms with Crippen LogP contribution in [-0.4, -0.2) is 19.8 Å². The minimum Gasteiger partial charge on any atom is -0.378 e. The van der Waals surface area contributed by atoms with E-state index < -0.39 is 0 Å². The number of anilines is 2. The maximum absolute atomic E-state index is 4.60. The Hall–Kier alpha value is -3.33. The predicted molar refractivity (Wildman–Crippen MR) is 113 cm³/mol. The van der Waals surface area contributed by atoms with Crippen LogP contribution >= 0.6 is 0 Å². The number of hydrogen-bond donors (Lipinski definition) is 1. The van der Waals surface area contributed by atoms with Crippen molar-refractivity contribution in [1.82, 2.24) is 0 Å². The van der Waals surface area contributed by atoms with Gasteiger partial charge in [0.15, 0.2) is 0 Å². The number of hydrogen-bond acceptors (Lipinski definition) is 3. The number of para-hydroxylation sites is 1. The summed E-state index contributed by atoms with van der Waals surface area (Å²) in [5.41, 5.74) is 8.37. The van der Waals surface area contributed by atoms with E-state index in [0.29, 0.717) is 0 Å². The van der Waals surface area contributed by atoms with Gasteiger partial charge < -0.3 is 4.90 Å². The Morgan fingerprint density at radius 3 is 2.04 bits per heavy atom. The quantitative estimate of drug-likeness (QED) is 0.488. The molecule has 0 saturated carbocycles. The maximum Gasteiger partial charge on any atom is 0.0905 e. The van der Waals surface area contributed by atoms with Crippen LogP contribution in [0.1, 0.15) is 11.1 Å². The number of hydrazone groups is 1. The van der Waals surface area contributed by atoms with Gasteiger partial charge in [-0.1, -0.05) is 66.7 Å². The summed E-state index contributed by atoms with van der Waals surface area (Å²) in [7, 11) is 4.08. The van der Waals surface area contributed by atoms with E-state index >= 15 is 0 Å². The van der Waals surface area contributed by atoms with E-state index in [1.165, 1.54) is 5.69 Å². The van der Waals surface area contributed by atoms with Crippen molar-refractivity contribution in [2.24, 2.45) is 5.10 Å². The van der Waals surface area contributed by atoms with Gasteiger partial charge in [0, 0.05) is 25.3 Å². The summed E-state index contributed by atoms with van der Waals surface area (Å²) in [6.07, 6.45) is 4.12. The lowest BCUT2D eigenvalue weighted by Crippen LogP contribution is -2.07. The largest absolute Gasteiger partial charge is 0.378 e. The average Bonchev–Trinajstić information content (AvgIpc) is 2.70.